The van der Waals surface area contributed by atoms with Gasteiger partial charge in [0.05, 0.1) is 0 Å². The smallest absolute Gasteiger partial charge is 0.163 e. The quantitative estimate of drug-likeness (QED) is 0.563. The molecule has 1 aromatic heterocycles. The lowest BCUT2D eigenvalue weighted by molar-refractivity contribution is 0.856. The van der Waals surface area contributed by atoms with Crippen molar-refractivity contribution in [1.29, 1.82) is 0 Å². The second kappa shape index (κ2) is 8.99. The van der Waals surface area contributed by atoms with Crippen LogP contribution in [0.3, 0.4) is 0 Å². The summed E-state index contributed by atoms with van der Waals surface area (Å²) in [6, 6.07) is 23.0. The zero-order valence-electron chi connectivity index (χ0n) is 15.4. The molecule has 2 N–H and O–H groups in total. The Morgan fingerprint density at radius 1 is 0.846 bits per heavy atom. The monoisotopic (exact) mass is 346 g/mol. The summed E-state index contributed by atoms with van der Waals surface area (Å²) in [5, 5.41) is 6.83. The van der Waals surface area contributed by atoms with Gasteiger partial charge >= 0.3 is 0 Å². The van der Waals surface area contributed by atoms with Gasteiger partial charge in [0.2, 0.25) is 0 Å². The molecule has 26 heavy (non-hydrogen) atoms. The first-order valence-electron chi connectivity index (χ1n) is 9.19. The predicted molar refractivity (Wildman–Crippen MR) is 109 cm³/mol. The summed E-state index contributed by atoms with van der Waals surface area (Å²) >= 11 is 0. The van der Waals surface area contributed by atoms with Gasteiger partial charge < -0.3 is 10.6 Å². The number of nitrogens with zero attached hydrogens (tertiary/aromatic N) is 2. The van der Waals surface area contributed by atoms with Crippen molar-refractivity contribution < 1.29 is 0 Å². The molecule has 3 rings (SSSR count). The Labute approximate surface area is 155 Å². The Bertz CT molecular complexity index is 801. The van der Waals surface area contributed by atoms with Crippen LogP contribution in [-0.2, 0) is 6.42 Å². The van der Waals surface area contributed by atoms with Gasteiger partial charge in [0.15, 0.2) is 5.82 Å². The lowest BCUT2D eigenvalue weighted by Gasteiger charge is -2.13. The fraction of sp³-hybridized carbons (Fsp3) is 0.273. The standard InChI is InChI=1S/C22H26N4/c1-17(2)24-21-16-20(23-15-9-12-18-10-5-3-6-11-18)25-22(26-21)19-13-7-4-8-14-19/h3-8,10-11,13-14,16-17H,9,12,15H2,1-2H3,(H2,23,24,25,26). The van der Waals surface area contributed by atoms with Gasteiger partial charge in [-0.2, -0.15) is 0 Å². The molecular formula is C22H26N4. The number of aryl methyl sites for hydroxylation is 1. The lowest BCUT2D eigenvalue weighted by Crippen LogP contribution is -2.13. The SMILES string of the molecule is CC(C)Nc1cc(NCCCc2ccccc2)nc(-c2ccccc2)n1. The third-order valence-corrected chi connectivity index (χ3v) is 3.99. The number of hydrogen-bond donors (Lipinski definition) is 2. The summed E-state index contributed by atoms with van der Waals surface area (Å²) in [6.07, 6.45) is 2.11. The van der Waals surface area contributed by atoms with Crippen LogP contribution in [0.2, 0.25) is 0 Å². The Morgan fingerprint density at radius 2 is 1.50 bits per heavy atom. The van der Waals surface area contributed by atoms with E-state index in [1.165, 1.54) is 5.56 Å². The first-order chi connectivity index (χ1) is 12.7. The largest absolute Gasteiger partial charge is 0.370 e. The number of anilines is 2. The summed E-state index contributed by atoms with van der Waals surface area (Å²) in [5.41, 5.74) is 2.39. The number of aromatic nitrogens is 2. The summed E-state index contributed by atoms with van der Waals surface area (Å²) < 4.78 is 0. The summed E-state index contributed by atoms with van der Waals surface area (Å²) in [4.78, 5) is 9.35. The van der Waals surface area contributed by atoms with E-state index in [4.69, 9.17) is 4.98 Å². The number of benzene rings is 2. The van der Waals surface area contributed by atoms with E-state index in [9.17, 15) is 0 Å². The molecule has 4 nitrogen and oxygen atoms in total. The third-order valence-electron chi connectivity index (χ3n) is 3.99. The molecule has 0 amide bonds. The molecule has 0 fully saturated rings. The first-order valence-corrected chi connectivity index (χ1v) is 9.19. The topological polar surface area (TPSA) is 49.8 Å². The minimum absolute atomic E-state index is 0.319. The van der Waals surface area contributed by atoms with Crippen LogP contribution in [0, 0.1) is 0 Å². The number of nitrogens with one attached hydrogen (secondary N) is 2. The predicted octanol–water partition coefficient (Wildman–Crippen LogP) is 5.01. The molecule has 0 aliphatic rings. The van der Waals surface area contributed by atoms with Crippen molar-refractivity contribution in [2.75, 3.05) is 17.2 Å². The van der Waals surface area contributed by atoms with Crippen LogP contribution in [0.4, 0.5) is 11.6 Å². The van der Waals surface area contributed by atoms with Gasteiger partial charge in [-0.1, -0.05) is 60.7 Å². The Hall–Kier alpha value is -2.88. The summed E-state index contributed by atoms with van der Waals surface area (Å²) in [7, 11) is 0. The molecule has 0 saturated heterocycles. The highest BCUT2D eigenvalue weighted by molar-refractivity contribution is 5.61. The Kier molecular flexibility index (Phi) is 6.20. The van der Waals surface area contributed by atoms with Crippen molar-refractivity contribution in [3.8, 4) is 11.4 Å². The molecule has 0 saturated carbocycles. The van der Waals surface area contributed by atoms with Gasteiger partial charge in [0, 0.05) is 24.2 Å². The van der Waals surface area contributed by atoms with Gasteiger partial charge in [-0.05, 0) is 32.3 Å². The van der Waals surface area contributed by atoms with Crippen molar-refractivity contribution in [2.24, 2.45) is 0 Å². The molecule has 1 heterocycles. The molecule has 2 aromatic carbocycles. The van der Waals surface area contributed by atoms with E-state index in [0.29, 0.717) is 6.04 Å². The van der Waals surface area contributed by atoms with Gasteiger partial charge in [0.25, 0.3) is 0 Å². The van der Waals surface area contributed by atoms with Gasteiger partial charge in [-0.25, -0.2) is 9.97 Å². The van der Waals surface area contributed by atoms with Crippen molar-refractivity contribution in [1.82, 2.24) is 9.97 Å². The minimum Gasteiger partial charge on any atom is -0.370 e. The molecule has 134 valence electrons. The van der Waals surface area contributed by atoms with Crippen molar-refractivity contribution >= 4 is 11.6 Å². The second-order valence-corrected chi connectivity index (χ2v) is 6.64. The fourth-order valence-corrected chi connectivity index (χ4v) is 2.78. The maximum absolute atomic E-state index is 4.69. The molecule has 0 unspecified atom stereocenters. The molecule has 0 spiro atoms. The second-order valence-electron chi connectivity index (χ2n) is 6.64. The van der Waals surface area contributed by atoms with Crippen LogP contribution in [0.5, 0.6) is 0 Å². The summed E-state index contributed by atoms with van der Waals surface area (Å²) in [5.74, 6) is 2.44. The van der Waals surface area contributed by atoms with E-state index in [1.54, 1.807) is 0 Å². The van der Waals surface area contributed by atoms with E-state index in [-0.39, 0.29) is 0 Å². The molecule has 0 atom stereocenters. The molecule has 4 heteroatoms. The third kappa shape index (κ3) is 5.31. The lowest BCUT2D eigenvalue weighted by atomic mass is 10.1. The molecule has 3 aromatic rings. The zero-order chi connectivity index (χ0) is 18.2. The molecular weight excluding hydrogens is 320 g/mol. The van der Waals surface area contributed by atoms with Gasteiger partial charge in [-0.3, -0.25) is 0 Å². The highest BCUT2D eigenvalue weighted by Crippen LogP contribution is 2.20. The van der Waals surface area contributed by atoms with E-state index in [2.05, 4.69) is 59.8 Å². The zero-order valence-corrected chi connectivity index (χ0v) is 15.4. The van der Waals surface area contributed by atoms with Crippen LogP contribution >= 0.6 is 0 Å². The summed E-state index contributed by atoms with van der Waals surface area (Å²) in [6.45, 7) is 5.09. The maximum Gasteiger partial charge on any atom is 0.163 e. The van der Waals surface area contributed by atoms with Crippen LogP contribution in [-0.4, -0.2) is 22.6 Å². The van der Waals surface area contributed by atoms with Crippen LogP contribution in [0.1, 0.15) is 25.8 Å². The highest BCUT2D eigenvalue weighted by atomic mass is 15.1. The average molecular weight is 346 g/mol. The first kappa shape index (κ1) is 17.9. The Morgan fingerprint density at radius 3 is 2.19 bits per heavy atom. The number of rotatable bonds is 8. The fourth-order valence-electron chi connectivity index (χ4n) is 2.78. The van der Waals surface area contributed by atoms with Gasteiger partial charge in [-0.15, -0.1) is 0 Å². The highest BCUT2D eigenvalue weighted by Gasteiger charge is 2.07. The minimum atomic E-state index is 0.319. The molecule has 0 bridgehead atoms. The average Bonchev–Trinajstić information content (AvgIpc) is 2.66. The van der Waals surface area contributed by atoms with Crippen LogP contribution in [0.15, 0.2) is 66.7 Å². The van der Waals surface area contributed by atoms with E-state index >= 15 is 0 Å². The maximum atomic E-state index is 4.69. The van der Waals surface area contributed by atoms with Crippen LogP contribution in [0.25, 0.3) is 11.4 Å². The molecule has 0 aliphatic carbocycles. The van der Waals surface area contributed by atoms with Gasteiger partial charge in [0.1, 0.15) is 11.6 Å². The molecule has 0 radical (unpaired) electrons. The van der Waals surface area contributed by atoms with E-state index in [1.807, 2.05) is 36.4 Å². The van der Waals surface area contributed by atoms with Crippen molar-refractivity contribution in [3.63, 3.8) is 0 Å². The van der Waals surface area contributed by atoms with E-state index < -0.39 is 0 Å². The van der Waals surface area contributed by atoms with Crippen LogP contribution < -0.4 is 10.6 Å². The normalized spacial score (nSPS) is 10.7. The van der Waals surface area contributed by atoms with Crippen molar-refractivity contribution in [2.45, 2.75) is 32.7 Å². The number of hydrogen-bond acceptors (Lipinski definition) is 4. The van der Waals surface area contributed by atoms with Crippen molar-refractivity contribution in [3.05, 3.63) is 72.3 Å². The molecule has 0 aliphatic heterocycles. The Balaban J connectivity index is 1.69. The van der Waals surface area contributed by atoms with E-state index in [0.717, 1.165) is 42.4 Å².